The predicted octanol–water partition coefficient (Wildman–Crippen LogP) is 1.55. The monoisotopic (exact) mass is 243 g/mol. The summed E-state index contributed by atoms with van der Waals surface area (Å²) in [6, 6.07) is 0. The second-order valence-electron chi connectivity index (χ2n) is 2.90. The summed E-state index contributed by atoms with van der Waals surface area (Å²) in [5, 5.41) is 0.715. The van der Waals surface area contributed by atoms with E-state index in [4.69, 9.17) is 15.2 Å². The zero-order valence-corrected chi connectivity index (χ0v) is 10.4. The molecule has 0 saturated carbocycles. The second kappa shape index (κ2) is 7.43. The molecule has 0 atom stereocenters. The smallest absolute Gasteiger partial charge is 0.166 e. The van der Waals surface area contributed by atoms with E-state index in [1.165, 1.54) is 11.8 Å². The van der Waals surface area contributed by atoms with Gasteiger partial charge in [-0.3, -0.25) is 0 Å². The van der Waals surface area contributed by atoms with Gasteiger partial charge in [0.05, 0.1) is 5.75 Å². The Bertz CT molecular complexity index is 306. The molecule has 6 heteroatoms. The molecule has 1 heterocycles. The molecule has 5 nitrogen and oxygen atoms in total. The van der Waals surface area contributed by atoms with Crippen molar-refractivity contribution in [3.8, 4) is 0 Å². The first-order valence-corrected chi connectivity index (χ1v) is 6.19. The van der Waals surface area contributed by atoms with Gasteiger partial charge in [-0.15, -0.1) is 0 Å². The molecule has 0 aliphatic heterocycles. The minimum absolute atomic E-state index is 0.221. The van der Waals surface area contributed by atoms with Crippen molar-refractivity contribution >= 4 is 17.6 Å². The zero-order chi connectivity index (χ0) is 11.8. The molecule has 90 valence electrons. The molecule has 0 aromatic carbocycles. The number of thioether (sulfide) groups is 1. The zero-order valence-electron chi connectivity index (χ0n) is 9.55. The van der Waals surface area contributed by atoms with Gasteiger partial charge < -0.3 is 15.2 Å². The standard InChI is InChI=1S/C10H17N3O2S/c1-3-14-8(15-4-2)7-16-10-9(11)12-5-6-13-10/h5-6,8H,3-4,7H2,1-2H3,(H2,11,12). The van der Waals surface area contributed by atoms with Crippen LogP contribution in [0.3, 0.4) is 0 Å². The highest BCUT2D eigenvalue weighted by Crippen LogP contribution is 2.21. The summed E-state index contributed by atoms with van der Waals surface area (Å²) in [5.41, 5.74) is 5.68. The molecule has 0 spiro atoms. The molecule has 0 aliphatic carbocycles. The molecular formula is C10H17N3O2S. The first kappa shape index (κ1) is 13.2. The van der Waals surface area contributed by atoms with Gasteiger partial charge in [0, 0.05) is 25.6 Å². The molecule has 16 heavy (non-hydrogen) atoms. The highest BCUT2D eigenvalue weighted by molar-refractivity contribution is 7.99. The average Bonchev–Trinajstić information content (AvgIpc) is 2.28. The van der Waals surface area contributed by atoms with Crippen LogP contribution in [0.5, 0.6) is 0 Å². The number of ether oxygens (including phenoxy) is 2. The Kier molecular flexibility index (Phi) is 6.14. The van der Waals surface area contributed by atoms with Gasteiger partial charge in [0.2, 0.25) is 0 Å². The number of aromatic nitrogens is 2. The highest BCUT2D eigenvalue weighted by Gasteiger charge is 2.10. The summed E-state index contributed by atoms with van der Waals surface area (Å²) in [6.07, 6.45) is 2.97. The molecule has 1 aromatic rings. The molecule has 0 saturated heterocycles. The van der Waals surface area contributed by atoms with Crippen molar-refractivity contribution < 1.29 is 9.47 Å². The van der Waals surface area contributed by atoms with Crippen molar-refractivity contribution in [1.82, 2.24) is 9.97 Å². The fourth-order valence-corrected chi connectivity index (χ4v) is 1.93. The van der Waals surface area contributed by atoms with E-state index in [0.29, 0.717) is 29.8 Å². The number of nitrogen functional groups attached to an aromatic ring is 1. The Morgan fingerprint density at radius 1 is 1.25 bits per heavy atom. The van der Waals surface area contributed by atoms with E-state index < -0.39 is 0 Å². The van der Waals surface area contributed by atoms with Crippen molar-refractivity contribution in [1.29, 1.82) is 0 Å². The largest absolute Gasteiger partial charge is 0.381 e. The molecule has 1 rings (SSSR count). The van der Waals surface area contributed by atoms with Gasteiger partial charge in [0.1, 0.15) is 5.03 Å². The van der Waals surface area contributed by atoms with Crippen molar-refractivity contribution in [2.75, 3.05) is 24.7 Å². The van der Waals surface area contributed by atoms with E-state index in [9.17, 15) is 0 Å². The van der Waals surface area contributed by atoms with Crippen molar-refractivity contribution in [3.63, 3.8) is 0 Å². The van der Waals surface area contributed by atoms with Gasteiger partial charge in [-0.1, -0.05) is 11.8 Å². The first-order chi connectivity index (χ1) is 7.77. The van der Waals surface area contributed by atoms with Crippen LogP contribution in [-0.4, -0.2) is 35.2 Å². The topological polar surface area (TPSA) is 70.3 Å². The maximum absolute atomic E-state index is 5.68. The van der Waals surface area contributed by atoms with Crippen LogP contribution in [0.25, 0.3) is 0 Å². The Hall–Kier alpha value is -0.850. The lowest BCUT2D eigenvalue weighted by Crippen LogP contribution is -2.20. The molecule has 0 unspecified atom stereocenters. The van der Waals surface area contributed by atoms with E-state index >= 15 is 0 Å². The SMILES string of the molecule is CCOC(CSc1nccnc1N)OCC. The van der Waals surface area contributed by atoms with E-state index in [2.05, 4.69) is 9.97 Å². The van der Waals surface area contributed by atoms with Crippen molar-refractivity contribution in [3.05, 3.63) is 12.4 Å². The fraction of sp³-hybridized carbons (Fsp3) is 0.600. The predicted molar refractivity (Wildman–Crippen MR) is 64.2 cm³/mol. The van der Waals surface area contributed by atoms with Crippen LogP contribution in [0.15, 0.2) is 17.4 Å². The summed E-state index contributed by atoms with van der Waals surface area (Å²) in [4.78, 5) is 8.10. The van der Waals surface area contributed by atoms with Gasteiger partial charge >= 0.3 is 0 Å². The minimum Gasteiger partial charge on any atom is -0.381 e. The molecule has 0 fully saturated rings. The first-order valence-electron chi connectivity index (χ1n) is 5.20. The molecule has 0 aliphatic rings. The van der Waals surface area contributed by atoms with Crippen LogP contribution in [-0.2, 0) is 9.47 Å². The van der Waals surface area contributed by atoms with Crippen molar-refractivity contribution in [2.24, 2.45) is 0 Å². The summed E-state index contributed by atoms with van der Waals surface area (Å²) in [7, 11) is 0. The Morgan fingerprint density at radius 2 is 1.88 bits per heavy atom. The average molecular weight is 243 g/mol. The second-order valence-corrected chi connectivity index (χ2v) is 3.91. The maximum Gasteiger partial charge on any atom is 0.166 e. The van der Waals surface area contributed by atoms with Gasteiger partial charge in [0.25, 0.3) is 0 Å². The van der Waals surface area contributed by atoms with Crippen molar-refractivity contribution in [2.45, 2.75) is 25.2 Å². The molecule has 0 bridgehead atoms. The lowest BCUT2D eigenvalue weighted by atomic mass is 10.7. The van der Waals surface area contributed by atoms with E-state index in [1.54, 1.807) is 12.4 Å². The molecule has 0 radical (unpaired) electrons. The van der Waals surface area contributed by atoms with E-state index in [-0.39, 0.29) is 6.29 Å². The Balaban J connectivity index is 2.45. The number of nitrogens with zero attached hydrogens (tertiary/aromatic N) is 2. The quantitative estimate of drug-likeness (QED) is 0.579. The lowest BCUT2D eigenvalue weighted by molar-refractivity contribution is -0.120. The number of hydrogen-bond acceptors (Lipinski definition) is 6. The van der Waals surface area contributed by atoms with Gasteiger partial charge in [-0.25, -0.2) is 9.97 Å². The van der Waals surface area contributed by atoms with Crippen LogP contribution >= 0.6 is 11.8 Å². The van der Waals surface area contributed by atoms with Gasteiger partial charge in [0.15, 0.2) is 12.1 Å². The molecule has 1 aromatic heterocycles. The third-order valence-corrected chi connectivity index (χ3v) is 2.78. The van der Waals surface area contributed by atoms with E-state index in [0.717, 1.165) is 0 Å². The number of hydrogen-bond donors (Lipinski definition) is 1. The van der Waals surface area contributed by atoms with Gasteiger partial charge in [-0.2, -0.15) is 0 Å². The van der Waals surface area contributed by atoms with Gasteiger partial charge in [-0.05, 0) is 13.8 Å². The number of rotatable bonds is 7. The molecular weight excluding hydrogens is 226 g/mol. The third kappa shape index (κ3) is 4.34. The van der Waals surface area contributed by atoms with Crippen LogP contribution in [0.2, 0.25) is 0 Å². The normalized spacial score (nSPS) is 10.9. The summed E-state index contributed by atoms with van der Waals surface area (Å²) >= 11 is 1.49. The van der Waals surface area contributed by atoms with E-state index in [1.807, 2.05) is 13.8 Å². The minimum atomic E-state index is -0.221. The number of nitrogens with two attached hydrogens (primary N) is 1. The lowest BCUT2D eigenvalue weighted by Gasteiger charge is -2.16. The molecule has 0 amide bonds. The summed E-state index contributed by atoms with van der Waals surface area (Å²) < 4.78 is 10.8. The van der Waals surface area contributed by atoms with Crippen LogP contribution in [0.4, 0.5) is 5.82 Å². The fourth-order valence-electron chi connectivity index (χ4n) is 1.11. The molecule has 2 N–H and O–H groups in total. The summed E-state index contributed by atoms with van der Waals surface area (Å²) in [6.45, 7) is 5.13. The van der Waals surface area contributed by atoms with Crippen LogP contribution < -0.4 is 5.73 Å². The number of anilines is 1. The Morgan fingerprint density at radius 3 is 2.44 bits per heavy atom. The maximum atomic E-state index is 5.68. The van der Waals surface area contributed by atoms with Crippen LogP contribution in [0.1, 0.15) is 13.8 Å². The summed E-state index contributed by atoms with van der Waals surface area (Å²) in [5.74, 6) is 1.10. The Labute approximate surface area is 99.8 Å². The highest BCUT2D eigenvalue weighted by atomic mass is 32.2. The van der Waals surface area contributed by atoms with Crippen LogP contribution in [0, 0.1) is 0 Å². The third-order valence-electron chi connectivity index (χ3n) is 1.75.